The lowest BCUT2D eigenvalue weighted by molar-refractivity contribution is -0.136. The average Bonchev–Trinajstić information content (AvgIpc) is 2.81. The quantitative estimate of drug-likeness (QED) is 0.609. The number of rotatable bonds is 9. The summed E-state index contributed by atoms with van der Waals surface area (Å²) < 4.78 is 6.17. The molecule has 1 heterocycles. The molecule has 3 rings (SSSR count). The molecule has 1 aliphatic rings. The Kier molecular flexibility index (Phi) is 8.72. The zero-order chi connectivity index (χ0) is 24.8. The van der Waals surface area contributed by atoms with E-state index in [1.54, 1.807) is 0 Å². The van der Waals surface area contributed by atoms with Crippen LogP contribution in [0.25, 0.3) is 0 Å². The molecule has 2 aromatic rings. The summed E-state index contributed by atoms with van der Waals surface area (Å²) in [5.41, 5.74) is 4.56. The molecule has 2 amide bonds. The van der Waals surface area contributed by atoms with Gasteiger partial charge < -0.3 is 19.9 Å². The van der Waals surface area contributed by atoms with E-state index in [0.717, 1.165) is 24.1 Å². The zero-order valence-corrected chi connectivity index (χ0v) is 21.4. The number of benzene rings is 2. The first-order valence-electron chi connectivity index (χ1n) is 12.3. The number of likely N-dealkylation sites (N-methyl/N-ethyl adjacent to an activating group) is 1. The molecule has 184 valence electrons. The van der Waals surface area contributed by atoms with E-state index >= 15 is 0 Å². The maximum Gasteiger partial charge on any atom is 0.261 e. The Hall–Kier alpha value is -2.86. The van der Waals surface area contributed by atoms with Crippen LogP contribution in [0.2, 0.25) is 0 Å². The Morgan fingerprint density at radius 1 is 1.15 bits per heavy atom. The number of carbonyl (C=O) groups is 2. The zero-order valence-electron chi connectivity index (χ0n) is 21.4. The summed E-state index contributed by atoms with van der Waals surface area (Å²) in [6.45, 7) is 9.96. The van der Waals surface area contributed by atoms with Gasteiger partial charge >= 0.3 is 0 Å². The molecule has 0 bridgehead atoms. The topological polar surface area (TPSA) is 61.9 Å². The van der Waals surface area contributed by atoms with Gasteiger partial charge in [-0.05, 0) is 62.7 Å². The first-order valence-corrected chi connectivity index (χ1v) is 12.3. The standard InChI is InChI=1S/C28H39N3O3/c1-7-25(27(32)29-15-17-30(5)6)34-23-13-12-21-14-16-31(28(33)19(2)3)26(24(21)18-23)22-10-8-20(4)9-11-22/h8-13,18-19,25-26H,7,14-17H2,1-6H3,(H,29,32). The van der Waals surface area contributed by atoms with E-state index in [1.165, 1.54) is 11.1 Å². The van der Waals surface area contributed by atoms with Crippen molar-refractivity contribution in [1.29, 1.82) is 0 Å². The summed E-state index contributed by atoms with van der Waals surface area (Å²) in [5, 5.41) is 2.96. The van der Waals surface area contributed by atoms with Gasteiger partial charge in [0.25, 0.3) is 5.91 Å². The molecule has 0 saturated heterocycles. The second-order valence-corrected chi connectivity index (χ2v) is 9.72. The molecule has 1 aliphatic heterocycles. The highest BCUT2D eigenvalue weighted by Gasteiger charge is 2.33. The molecule has 0 aliphatic carbocycles. The lowest BCUT2D eigenvalue weighted by Gasteiger charge is -2.39. The summed E-state index contributed by atoms with van der Waals surface area (Å²) in [5.74, 6) is 0.622. The number of hydrogen-bond acceptors (Lipinski definition) is 4. The van der Waals surface area contributed by atoms with E-state index in [1.807, 2.05) is 56.8 Å². The minimum absolute atomic E-state index is 0.0794. The van der Waals surface area contributed by atoms with Gasteiger partial charge in [-0.25, -0.2) is 0 Å². The third-order valence-electron chi connectivity index (χ3n) is 6.32. The number of nitrogens with zero attached hydrogens (tertiary/aromatic N) is 2. The molecule has 2 aromatic carbocycles. The lowest BCUT2D eigenvalue weighted by Crippen LogP contribution is -2.42. The molecule has 6 nitrogen and oxygen atoms in total. The molecule has 0 aromatic heterocycles. The number of amides is 2. The molecule has 0 saturated carbocycles. The Morgan fingerprint density at radius 3 is 2.47 bits per heavy atom. The van der Waals surface area contributed by atoms with Crippen molar-refractivity contribution < 1.29 is 14.3 Å². The third kappa shape index (κ3) is 6.17. The first-order chi connectivity index (χ1) is 16.2. The van der Waals surface area contributed by atoms with E-state index < -0.39 is 6.10 Å². The monoisotopic (exact) mass is 465 g/mol. The minimum Gasteiger partial charge on any atom is -0.481 e. The van der Waals surface area contributed by atoms with Crippen LogP contribution in [0.5, 0.6) is 5.75 Å². The summed E-state index contributed by atoms with van der Waals surface area (Å²) in [6.07, 6.45) is 0.818. The fourth-order valence-electron chi connectivity index (χ4n) is 4.35. The summed E-state index contributed by atoms with van der Waals surface area (Å²) in [4.78, 5) is 29.8. The Bertz CT molecular complexity index is 985. The first kappa shape index (κ1) is 25.8. The predicted octanol–water partition coefficient (Wildman–Crippen LogP) is 3.96. The van der Waals surface area contributed by atoms with Gasteiger partial charge in [-0.2, -0.15) is 0 Å². The van der Waals surface area contributed by atoms with Gasteiger partial charge in [0.15, 0.2) is 6.10 Å². The highest BCUT2D eigenvalue weighted by Crippen LogP contribution is 2.38. The SMILES string of the molecule is CCC(Oc1ccc2c(c1)C(c1ccc(C)cc1)N(C(=O)C(C)C)CC2)C(=O)NCCN(C)C. The molecular formula is C28H39N3O3. The second kappa shape index (κ2) is 11.5. The highest BCUT2D eigenvalue weighted by molar-refractivity contribution is 5.81. The Labute approximate surface area is 204 Å². The molecule has 0 fully saturated rings. The van der Waals surface area contributed by atoms with Gasteiger partial charge in [0.1, 0.15) is 5.75 Å². The molecular weight excluding hydrogens is 426 g/mol. The van der Waals surface area contributed by atoms with Gasteiger partial charge in [0.2, 0.25) is 5.91 Å². The van der Waals surface area contributed by atoms with Gasteiger partial charge in [-0.1, -0.05) is 56.7 Å². The maximum absolute atomic E-state index is 13.1. The van der Waals surface area contributed by atoms with Crippen molar-refractivity contribution in [3.8, 4) is 5.75 Å². The van der Waals surface area contributed by atoms with Crippen LogP contribution >= 0.6 is 0 Å². The molecule has 34 heavy (non-hydrogen) atoms. The van der Waals surface area contributed by atoms with E-state index in [2.05, 4.69) is 42.6 Å². The summed E-state index contributed by atoms with van der Waals surface area (Å²) in [6, 6.07) is 14.3. The van der Waals surface area contributed by atoms with Crippen LogP contribution in [0.4, 0.5) is 0 Å². The van der Waals surface area contributed by atoms with Crippen LogP contribution in [0.3, 0.4) is 0 Å². The Balaban J connectivity index is 1.90. The van der Waals surface area contributed by atoms with Gasteiger partial charge in [0, 0.05) is 25.6 Å². The van der Waals surface area contributed by atoms with Crippen LogP contribution in [0.1, 0.15) is 55.5 Å². The van der Waals surface area contributed by atoms with Gasteiger partial charge in [0.05, 0.1) is 6.04 Å². The van der Waals surface area contributed by atoms with Gasteiger partial charge in [-0.3, -0.25) is 9.59 Å². The number of carbonyl (C=O) groups excluding carboxylic acids is 2. The summed E-state index contributed by atoms with van der Waals surface area (Å²) in [7, 11) is 3.95. The fourth-order valence-corrected chi connectivity index (χ4v) is 4.35. The van der Waals surface area contributed by atoms with Crippen molar-refractivity contribution in [3.63, 3.8) is 0 Å². The molecule has 0 spiro atoms. The van der Waals surface area contributed by atoms with Crippen molar-refractivity contribution in [2.75, 3.05) is 33.7 Å². The van der Waals surface area contributed by atoms with Gasteiger partial charge in [-0.15, -0.1) is 0 Å². The van der Waals surface area contributed by atoms with Crippen LogP contribution < -0.4 is 10.1 Å². The largest absolute Gasteiger partial charge is 0.481 e. The van der Waals surface area contributed by atoms with E-state index in [4.69, 9.17) is 4.74 Å². The number of aryl methyl sites for hydroxylation is 1. The third-order valence-corrected chi connectivity index (χ3v) is 6.32. The van der Waals surface area contributed by atoms with Crippen molar-refractivity contribution in [3.05, 3.63) is 64.7 Å². The van der Waals surface area contributed by atoms with Crippen molar-refractivity contribution in [2.45, 2.75) is 52.7 Å². The molecule has 6 heteroatoms. The lowest BCUT2D eigenvalue weighted by atomic mass is 9.87. The molecule has 2 atom stereocenters. The Morgan fingerprint density at radius 2 is 1.85 bits per heavy atom. The highest BCUT2D eigenvalue weighted by atomic mass is 16.5. The average molecular weight is 466 g/mol. The minimum atomic E-state index is -0.560. The van der Waals surface area contributed by atoms with Crippen LogP contribution in [-0.4, -0.2) is 61.4 Å². The fraction of sp³-hybridized carbons (Fsp3) is 0.500. The smallest absolute Gasteiger partial charge is 0.261 e. The second-order valence-electron chi connectivity index (χ2n) is 9.72. The van der Waals surface area contributed by atoms with Crippen molar-refractivity contribution >= 4 is 11.8 Å². The maximum atomic E-state index is 13.1. The number of fused-ring (bicyclic) bond motifs is 1. The predicted molar refractivity (Wildman–Crippen MR) is 136 cm³/mol. The normalized spacial score (nSPS) is 16.4. The van der Waals surface area contributed by atoms with E-state index in [0.29, 0.717) is 25.3 Å². The molecule has 2 unspecified atom stereocenters. The van der Waals surface area contributed by atoms with Crippen LogP contribution in [0, 0.1) is 12.8 Å². The number of nitrogens with one attached hydrogen (secondary N) is 1. The van der Waals surface area contributed by atoms with E-state index in [9.17, 15) is 9.59 Å². The molecule has 1 N–H and O–H groups in total. The van der Waals surface area contributed by atoms with E-state index in [-0.39, 0.29) is 23.8 Å². The van der Waals surface area contributed by atoms with Crippen molar-refractivity contribution in [2.24, 2.45) is 5.92 Å². The number of hydrogen-bond donors (Lipinski definition) is 1. The van der Waals surface area contributed by atoms with Crippen molar-refractivity contribution in [1.82, 2.24) is 15.1 Å². The number of ether oxygens (including phenoxy) is 1. The molecule has 0 radical (unpaired) electrons. The summed E-state index contributed by atoms with van der Waals surface area (Å²) >= 11 is 0. The van der Waals surface area contributed by atoms with Crippen LogP contribution in [0.15, 0.2) is 42.5 Å². The van der Waals surface area contributed by atoms with Crippen LogP contribution in [-0.2, 0) is 16.0 Å².